The Morgan fingerprint density at radius 3 is 1.67 bits per heavy atom. The van der Waals surface area contributed by atoms with Crippen LogP contribution in [0.15, 0.2) is 0 Å². The van der Waals surface area contributed by atoms with Crippen LogP contribution < -0.4 is 0 Å². The molecule has 0 spiro atoms. The molecule has 2 nitrogen and oxygen atoms in total. The highest BCUT2D eigenvalue weighted by Gasteiger charge is 2.55. The minimum absolute atomic E-state index is 0.109. The van der Waals surface area contributed by atoms with Crippen molar-refractivity contribution in [1.29, 1.82) is 0 Å². The first-order valence-corrected chi connectivity index (χ1v) is 4.44. The molecule has 0 aliphatic rings. The molecule has 0 rings (SSSR count). The smallest absolute Gasteiger partial charge is 0.325 e. The van der Waals surface area contributed by atoms with Gasteiger partial charge in [-0.25, -0.2) is 4.39 Å². The molecule has 74 valence electrons. The number of methoxy groups -OCH3 is 2. The topological polar surface area (TPSA) is 18.5 Å². The zero-order valence-electron chi connectivity index (χ0n) is 7.53. The third kappa shape index (κ3) is 1.81. The molecule has 1 unspecified atom stereocenters. The van der Waals surface area contributed by atoms with Crippen LogP contribution in [0, 0.1) is 0 Å². The minimum atomic E-state index is -3.59. The maximum absolute atomic E-state index is 13.0. The summed E-state index contributed by atoms with van der Waals surface area (Å²) in [4.78, 5) is 0. The number of alkyl halides is 3. The highest BCUT2D eigenvalue weighted by Crippen LogP contribution is 2.34. The molecule has 0 N–H and O–H groups in total. The summed E-state index contributed by atoms with van der Waals surface area (Å²) in [5, 5.41) is 0. The molecule has 0 fully saturated rings. The summed E-state index contributed by atoms with van der Waals surface area (Å²) in [6.45, 7) is 0.782. The Morgan fingerprint density at radius 2 is 1.58 bits per heavy atom. The van der Waals surface area contributed by atoms with E-state index in [1.165, 1.54) is 0 Å². The van der Waals surface area contributed by atoms with Crippen molar-refractivity contribution in [3.05, 3.63) is 0 Å². The van der Waals surface area contributed by atoms with E-state index in [1.807, 2.05) is 0 Å². The standard InChI is InChI=1S/C6H13F3O2Si/c1-4(7)5(8,9)6(12,10-2)11-3/h4H,1-3,12H3. The van der Waals surface area contributed by atoms with Crippen molar-refractivity contribution in [1.82, 2.24) is 0 Å². The Balaban J connectivity index is 4.70. The van der Waals surface area contributed by atoms with Gasteiger partial charge in [0.1, 0.15) is 0 Å². The third-order valence-electron chi connectivity index (χ3n) is 1.88. The van der Waals surface area contributed by atoms with Gasteiger partial charge in [-0.2, -0.15) is 8.78 Å². The normalized spacial score (nSPS) is 16.5. The summed E-state index contributed by atoms with van der Waals surface area (Å²) in [7, 11) is 2.04. The summed E-state index contributed by atoms with van der Waals surface area (Å²) in [6.07, 6.45) is -2.28. The molecular weight excluding hydrogens is 189 g/mol. The van der Waals surface area contributed by atoms with Crippen LogP contribution in [0.5, 0.6) is 0 Å². The van der Waals surface area contributed by atoms with E-state index in [2.05, 4.69) is 9.47 Å². The molecule has 0 saturated heterocycles. The Kier molecular flexibility index (Phi) is 3.74. The maximum Gasteiger partial charge on any atom is 0.325 e. The van der Waals surface area contributed by atoms with Crippen LogP contribution in [0.3, 0.4) is 0 Å². The van der Waals surface area contributed by atoms with Gasteiger partial charge in [0.05, 0.1) is 10.2 Å². The fourth-order valence-corrected chi connectivity index (χ4v) is 1.11. The molecule has 0 radical (unpaired) electrons. The Morgan fingerprint density at radius 1 is 1.25 bits per heavy atom. The fourth-order valence-electron chi connectivity index (χ4n) is 0.717. The van der Waals surface area contributed by atoms with Crippen LogP contribution in [-0.4, -0.2) is 42.0 Å². The largest absolute Gasteiger partial charge is 0.352 e. The van der Waals surface area contributed by atoms with Crippen LogP contribution in [0.1, 0.15) is 6.92 Å². The SMILES string of the molecule is COC([SiH3])(OC)C(F)(F)C(C)F. The van der Waals surface area contributed by atoms with Gasteiger partial charge >= 0.3 is 5.92 Å². The summed E-state index contributed by atoms with van der Waals surface area (Å²) in [5.41, 5.74) is -2.07. The molecule has 6 heteroatoms. The molecular formula is C6H13F3O2Si. The van der Waals surface area contributed by atoms with Gasteiger partial charge < -0.3 is 9.47 Å². The number of hydrogen-bond acceptors (Lipinski definition) is 2. The second-order valence-corrected chi connectivity index (χ2v) is 3.91. The van der Waals surface area contributed by atoms with E-state index in [9.17, 15) is 13.2 Å². The lowest BCUT2D eigenvalue weighted by Gasteiger charge is -2.35. The van der Waals surface area contributed by atoms with Gasteiger partial charge in [-0.1, -0.05) is 0 Å². The summed E-state index contributed by atoms with van der Waals surface area (Å²) >= 11 is 0. The Labute approximate surface area is 72.5 Å². The van der Waals surface area contributed by atoms with Crippen molar-refractivity contribution in [3.8, 4) is 0 Å². The maximum atomic E-state index is 13.0. The van der Waals surface area contributed by atoms with Crippen molar-refractivity contribution in [2.75, 3.05) is 14.2 Å². The van der Waals surface area contributed by atoms with Crippen LogP contribution in [0.4, 0.5) is 13.2 Å². The van der Waals surface area contributed by atoms with E-state index in [4.69, 9.17) is 0 Å². The van der Waals surface area contributed by atoms with Crippen LogP contribution in [0.25, 0.3) is 0 Å². The van der Waals surface area contributed by atoms with Crippen LogP contribution >= 0.6 is 0 Å². The zero-order valence-corrected chi connectivity index (χ0v) is 9.53. The average Bonchev–Trinajstić information content (AvgIpc) is 2.02. The molecule has 12 heavy (non-hydrogen) atoms. The molecule has 0 saturated carbocycles. The van der Waals surface area contributed by atoms with E-state index >= 15 is 0 Å². The van der Waals surface area contributed by atoms with E-state index in [0.29, 0.717) is 0 Å². The van der Waals surface area contributed by atoms with Gasteiger partial charge in [0.25, 0.3) is 0 Å². The summed E-state index contributed by atoms with van der Waals surface area (Å²) in [5.74, 6) is -3.59. The van der Waals surface area contributed by atoms with Gasteiger partial charge in [0, 0.05) is 14.2 Å². The van der Waals surface area contributed by atoms with E-state index in [1.54, 1.807) is 0 Å². The monoisotopic (exact) mass is 202 g/mol. The molecule has 0 heterocycles. The minimum Gasteiger partial charge on any atom is -0.352 e. The van der Waals surface area contributed by atoms with Crippen molar-refractivity contribution in [3.63, 3.8) is 0 Å². The number of ether oxygens (including phenoxy) is 2. The van der Waals surface area contributed by atoms with E-state index < -0.39 is 17.5 Å². The van der Waals surface area contributed by atoms with E-state index in [-0.39, 0.29) is 10.2 Å². The zero-order chi connectivity index (χ0) is 9.99. The van der Waals surface area contributed by atoms with Gasteiger partial charge in [0.2, 0.25) is 5.41 Å². The first-order valence-electron chi connectivity index (χ1n) is 3.44. The summed E-state index contributed by atoms with van der Waals surface area (Å²) in [6, 6.07) is 0. The van der Waals surface area contributed by atoms with Crippen molar-refractivity contribution in [2.24, 2.45) is 0 Å². The molecule has 0 aromatic rings. The van der Waals surface area contributed by atoms with Crippen molar-refractivity contribution < 1.29 is 22.6 Å². The molecule has 0 aliphatic carbocycles. The van der Waals surface area contributed by atoms with Crippen LogP contribution in [0.2, 0.25) is 0 Å². The Hall–Kier alpha value is -0.0731. The predicted molar refractivity (Wildman–Crippen MR) is 42.2 cm³/mol. The second-order valence-electron chi connectivity index (χ2n) is 2.59. The molecule has 0 bridgehead atoms. The number of hydrogen-bond donors (Lipinski definition) is 0. The van der Waals surface area contributed by atoms with Crippen molar-refractivity contribution >= 4 is 10.2 Å². The van der Waals surface area contributed by atoms with Gasteiger partial charge in [-0.05, 0) is 6.92 Å². The quantitative estimate of drug-likeness (QED) is 0.482. The molecule has 1 atom stereocenters. The molecule has 0 aromatic carbocycles. The highest BCUT2D eigenvalue weighted by molar-refractivity contribution is 6.14. The van der Waals surface area contributed by atoms with E-state index in [0.717, 1.165) is 21.1 Å². The number of halogens is 3. The van der Waals surface area contributed by atoms with Crippen LogP contribution in [-0.2, 0) is 9.47 Å². The first kappa shape index (κ1) is 11.9. The molecule has 0 aliphatic heterocycles. The van der Waals surface area contributed by atoms with Gasteiger partial charge in [-0.3, -0.25) is 0 Å². The average molecular weight is 202 g/mol. The fraction of sp³-hybridized carbons (Fsp3) is 1.00. The highest BCUT2D eigenvalue weighted by atomic mass is 28.1. The Bertz CT molecular complexity index is 145. The van der Waals surface area contributed by atoms with Crippen molar-refractivity contribution in [2.45, 2.75) is 24.4 Å². The second kappa shape index (κ2) is 3.76. The lowest BCUT2D eigenvalue weighted by molar-refractivity contribution is -0.286. The molecule has 0 aromatic heterocycles. The lowest BCUT2D eigenvalue weighted by atomic mass is 10.2. The first-order chi connectivity index (χ1) is 5.31. The molecule has 0 amide bonds. The predicted octanol–water partition coefficient (Wildman–Crippen LogP) is 0.292. The third-order valence-corrected chi connectivity index (χ3v) is 3.37. The van der Waals surface area contributed by atoms with Gasteiger partial charge in [0.15, 0.2) is 6.17 Å². The van der Waals surface area contributed by atoms with Gasteiger partial charge in [-0.15, -0.1) is 0 Å². The number of rotatable bonds is 4. The summed E-state index contributed by atoms with van der Waals surface area (Å²) < 4.78 is 47.4. The lowest BCUT2D eigenvalue weighted by Crippen LogP contribution is -2.56.